The van der Waals surface area contributed by atoms with Crippen LogP contribution in [-0.2, 0) is 4.74 Å². The fourth-order valence-electron chi connectivity index (χ4n) is 5.76. The molecule has 4 aliphatic rings. The fraction of sp³-hybridized carbons (Fsp3) is 0.905. The van der Waals surface area contributed by atoms with Gasteiger partial charge in [-0.05, 0) is 69.7 Å². The number of piperidine rings is 1. The molecule has 0 spiro atoms. The molecule has 2 heteroatoms. The lowest BCUT2D eigenvalue weighted by atomic mass is 9.72. The van der Waals surface area contributed by atoms with Crippen LogP contribution in [0.3, 0.4) is 0 Å². The molecule has 4 atom stereocenters. The average Bonchev–Trinajstić information content (AvgIpc) is 2.60. The summed E-state index contributed by atoms with van der Waals surface area (Å²) in [6.45, 7) is 7.37. The van der Waals surface area contributed by atoms with Gasteiger partial charge < -0.3 is 9.64 Å². The molecule has 0 radical (unpaired) electrons. The Kier molecular flexibility index (Phi) is 5.10. The van der Waals surface area contributed by atoms with Crippen LogP contribution in [0.25, 0.3) is 0 Å². The summed E-state index contributed by atoms with van der Waals surface area (Å²) < 4.78 is 6.43. The third kappa shape index (κ3) is 3.69. The van der Waals surface area contributed by atoms with E-state index in [-0.39, 0.29) is 0 Å². The molecule has 2 aliphatic heterocycles. The van der Waals surface area contributed by atoms with Gasteiger partial charge in [-0.1, -0.05) is 30.9 Å². The van der Waals surface area contributed by atoms with Crippen LogP contribution < -0.4 is 0 Å². The van der Waals surface area contributed by atoms with Gasteiger partial charge in [0.2, 0.25) is 0 Å². The van der Waals surface area contributed by atoms with E-state index in [0.717, 1.165) is 30.3 Å². The van der Waals surface area contributed by atoms with E-state index in [0.29, 0.717) is 6.10 Å². The van der Waals surface area contributed by atoms with Gasteiger partial charge in [0, 0.05) is 19.0 Å². The minimum absolute atomic E-state index is 0.511. The van der Waals surface area contributed by atoms with Crippen molar-refractivity contribution < 1.29 is 4.74 Å². The highest BCUT2D eigenvalue weighted by Gasteiger charge is 2.40. The summed E-state index contributed by atoms with van der Waals surface area (Å²) in [4.78, 5) is 2.79. The molecule has 2 aliphatic carbocycles. The SMILES string of the molecule is CC1=CC[C@@H]2CO[C@H](C3CCCN(CC4CCCCC4)C3)[C@@H]1C2. The van der Waals surface area contributed by atoms with Crippen molar-refractivity contribution in [1.29, 1.82) is 0 Å². The van der Waals surface area contributed by atoms with E-state index in [1.165, 1.54) is 77.4 Å². The van der Waals surface area contributed by atoms with Gasteiger partial charge in [0.15, 0.2) is 0 Å². The molecule has 0 aromatic rings. The molecule has 4 rings (SSSR count). The highest BCUT2D eigenvalue weighted by molar-refractivity contribution is 5.13. The first-order valence-corrected chi connectivity index (χ1v) is 10.3. The molecular weight excluding hydrogens is 282 g/mol. The van der Waals surface area contributed by atoms with Gasteiger partial charge in [-0.3, -0.25) is 0 Å². The minimum Gasteiger partial charge on any atom is -0.377 e. The van der Waals surface area contributed by atoms with Crippen molar-refractivity contribution in [2.45, 2.75) is 70.8 Å². The highest BCUT2D eigenvalue weighted by Crippen LogP contribution is 2.41. The smallest absolute Gasteiger partial charge is 0.0680 e. The summed E-state index contributed by atoms with van der Waals surface area (Å²) in [6.07, 6.45) is 15.8. The van der Waals surface area contributed by atoms with Gasteiger partial charge in [0.05, 0.1) is 12.7 Å². The molecule has 2 bridgehead atoms. The summed E-state index contributed by atoms with van der Waals surface area (Å²) in [5.74, 6) is 3.29. The van der Waals surface area contributed by atoms with Crippen LogP contribution in [0.1, 0.15) is 64.7 Å². The molecule has 1 saturated carbocycles. The maximum absolute atomic E-state index is 6.43. The first-order valence-electron chi connectivity index (χ1n) is 10.3. The Balaban J connectivity index is 1.36. The second kappa shape index (κ2) is 7.27. The number of hydrogen-bond donors (Lipinski definition) is 0. The van der Waals surface area contributed by atoms with E-state index in [2.05, 4.69) is 17.9 Å². The maximum atomic E-state index is 6.43. The fourth-order valence-corrected chi connectivity index (χ4v) is 5.76. The van der Waals surface area contributed by atoms with Crippen molar-refractivity contribution in [1.82, 2.24) is 4.90 Å². The third-order valence-electron chi connectivity index (χ3n) is 7.11. The number of rotatable bonds is 3. The molecule has 2 saturated heterocycles. The molecule has 0 aromatic carbocycles. The van der Waals surface area contributed by atoms with Crippen molar-refractivity contribution in [3.05, 3.63) is 11.6 Å². The van der Waals surface area contributed by atoms with Crippen LogP contribution in [0.15, 0.2) is 11.6 Å². The quantitative estimate of drug-likeness (QED) is 0.703. The van der Waals surface area contributed by atoms with Crippen LogP contribution in [0.4, 0.5) is 0 Å². The predicted molar refractivity (Wildman–Crippen MR) is 95.5 cm³/mol. The zero-order valence-corrected chi connectivity index (χ0v) is 15.0. The summed E-state index contributed by atoms with van der Waals surface area (Å²) in [7, 11) is 0. The number of nitrogens with zero attached hydrogens (tertiary/aromatic N) is 1. The zero-order chi connectivity index (χ0) is 15.6. The number of hydrogen-bond acceptors (Lipinski definition) is 2. The number of ether oxygens (including phenoxy) is 1. The standard InChI is InChI=1S/C21H35NO/c1-16-9-10-18-12-20(16)21(23-15-18)19-8-5-11-22(14-19)13-17-6-3-2-4-7-17/h9,17-21H,2-8,10-15H2,1H3/t18-,19?,20+,21+/m0/s1. The molecule has 0 aromatic heterocycles. The molecule has 130 valence electrons. The van der Waals surface area contributed by atoms with Gasteiger partial charge in [-0.25, -0.2) is 0 Å². The van der Waals surface area contributed by atoms with Crippen molar-refractivity contribution >= 4 is 0 Å². The highest BCUT2D eigenvalue weighted by atomic mass is 16.5. The van der Waals surface area contributed by atoms with E-state index in [9.17, 15) is 0 Å². The summed E-state index contributed by atoms with van der Waals surface area (Å²) in [5, 5.41) is 0. The van der Waals surface area contributed by atoms with E-state index in [1.807, 2.05) is 0 Å². The van der Waals surface area contributed by atoms with Crippen LogP contribution in [0, 0.1) is 23.7 Å². The Labute approximate surface area is 142 Å². The molecule has 0 N–H and O–H groups in total. The van der Waals surface area contributed by atoms with E-state index in [1.54, 1.807) is 5.57 Å². The first-order chi connectivity index (χ1) is 11.3. The molecule has 2 nitrogen and oxygen atoms in total. The van der Waals surface area contributed by atoms with Crippen molar-refractivity contribution in [3.63, 3.8) is 0 Å². The third-order valence-corrected chi connectivity index (χ3v) is 7.11. The first kappa shape index (κ1) is 16.1. The Morgan fingerprint density at radius 1 is 1.13 bits per heavy atom. The van der Waals surface area contributed by atoms with E-state index in [4.69, 9.17) is 4.74 Å². The van der Waals surface area contributed by atoms with Gasteiger partial charge in [-0.2, -0.15) is 0 Å². The number of fused-ring (bicyclic) bond motifs is 2. The molecule has 23 heavy (non-hydrogen) atoms. The molecule has 3 fully saturated rings. The topological polar surface area (TPSA) is 12.5 Å². The monoisotopic (exact) mass is 317 g/mol. The maximum Gasteiger partial charge on any atom is 0.0680 e. The van der Waals surface area contributed by atoms with Gasteiger partial charge >= 0.3 is 0 Å². The lowest BCUT2D eigenvalue weighted by molar-refractivity contribution is -0.0929. The molecule has 1 unspecified atom stereocenters. The molecular formula is C21H35NO. The molecule has 0 amide bonds. The Hall–Kier alpha value is -0.340. The van der Waals surface area contributed by atoms with Crippen molar-refractivity contribution in [3.8, 4) is 0 Å². The van der Waals surface area contributed by atoms with Gasteiger partial charge in [0.25, 0.3) is 0 Å². The Morgan fingerprint density at radius 3 is 2.87 bits per heavy atom. The summed E-state index contributed by atoms with van der Waals surface area (Å²) in [5.41, 5.74) is 1.62. The van der Waals surface area contributed by atoms with Gasteiger partial charge in [-0.15, -0.1) is 0 Å². The number of likely N-dealkylation sites (tertiary alicyclic amines) is 1. The lowest BCUT2D eigenvalue weighted by Gasteiger charge is -2.46. The van der Waals surface area contributed by atoms with E-state index < -0.39 is 0 Å². The van der Waals surface area contributed by atoms with Crippen molar-refractivity contribution in [2.24, 2.45) is 23.7 Å². The van der Waals surface area contributed by atoms with E-state index >= 15 is 0 Å². The second-order valence-electron chi connectivity index (χ2n) is 8.86. The molecule has 2 heterocycles. The Bertz CT molecular complexity index is 426. The lowest BCUT2D eigenvalue weighted by Crippen LogP contribution is -2.48. The number of allylic oxidation sites excluding steroid dienone is 1. The summed E-state index contributed by atoms with van der Waals surface area (Å²) in [6, 6.07) is 0. The Morgan fingerprint density at radius 2 is 2.00 bits per heavy atom. The van der Waals surface area contributed by atoms with Crippen LogP contribution >= 0.6 is 0 Å². The van der Waals surface area contributed by atoms with Crippen molar-refractivity contribution in [2.75, 3.05) is 26.2 Å². The van der Waals surface area contributed by atoms with Crippen LogP contribution in [0.5, 0.6) is 0 Å². The van der Waals surface area contributed by atoms with Crippen LogP contribution in [-0.4, -0.2) is 37.2 Å². The predicted octanol–water partition coefficient (Wildman–Crippen LogP) is 4.65. The second-order valence-corrected chi connectivity index (χ2v) is 8.86. The zero-order valence-electron chi connectivity index (χ0n) is 15.0. The average molecular weight is 318 g/mol. The normalized spacial score (nSPS) is 40.0. The van der Waals surface area contributed by atoms with Crippen LogP contribution in [0.2, 0.25) is 0 Å². The largest absolute Gasteiger partial charge is 0.377 e. The summed E-state index contributed by atoms with van der Waals surface area (Å²) >= 11 is 0. The van der Waals surface area contributed by atoms with Gasteiger partial charge in [0.1, 0.15) is 0 Å². The minimum atomic E-state index is 0.511.